The molecule has 0 saturated carbocycles. The summed E-state index contributed by atoms with van der Waals surface area (Å²) in [6, 6.07) is 14.9. The number of rotatable bonds is 3. The molecule has 1 N–H and O–H groups in total. The molecule has 0 aliphatic heterocycles. The number of hydrogen-bond donors (Lipinski definition) is 1. The third-order valence-electron chi connectivity index (χ3n) is 3.42. The maximum atomic E-state index is 12.7. The van der Waals surface area contributed by atoms with E-state index in [2.05, 4.69) is 10.2 Å². The molecule has 0 fully saturated rings. The molecule has 0 saturated heterocycles. The lowest BCUT2D eigenvalue weighted by molar-refractivity contribution is 0.0989. The molecule has 0 unspecified atom stereocenters. The molecule has 5 heteroatoms. The second-order valence-electron chi connectivity index (χ2n) is 4.65. The third-order valence-corrected chi connectivity index (χ3v) is 3.42. The second-order valence-corrected chi connectivity index (χ2v) is 4.65. The van der Waals surface area contributed by atoms with E-state index in [0.29, 0.717) is 17.1 Å². The number of carbonyl (C=O) groups is 1. The van der Waals surface area contributed by atoms with Crippen LogP contribution in [-0.4, -0.2) is 30.3 Å². The molecule has 0 radical (unpaired) electrons. The Morgan fingerprint density at radius 3 is 2.67 bits per heavy atom. The van der Waals surface area contributed by atoms with Gasteiger partial charge in [-0.1, -0.05) is 30.3 Å². The average molecular weight is 281 g/mol. The minimum Gasteiger partial charge on any atom is -0.495 e. The van der Waals surface area contributed by atoms with Gasteiger partial charge in [-0.3, -0.25) is 9.89 Å². The standard InChI is InChI=1S/C16H15N3O2/c1-19(13-9-5-6-10-14(13)21-2)16(20)15-11-7-3-4-8-12(11)17-18-15/h3-10H,1-2H3,(H,17,18). The molecule has 0 atom stereocenters. The van der Waals surface area contributed by atoms with Gasteiger partial charge in [0.15, 0.2) is 5.69 Å². The van der Waals surface area contributed by atoms with Gasteiger partial charge >= 0.3 is 0 Å². The maximum Gasteiger partial charge on any atom is 0.279 e. The summed E-state index contributed by atoms with van der Waals surface area (Å²) in [6.07, 6.45) is 0. The van der Waals surface area contributed by atoms with Crippen LogP contribution in [0.25, 0.3) is 10.9 Å². The first-order chi connectivity index (χ1) is 10.2. The van der Waals surface area contributed by atoms with E-state index < -0.39 is 0 Å². The number of ether oxygens (including phenoxy) is 1. The van der Waals surface area contributed by atoms with E-state index in [1.165, 1.54) is 0 Å². The summed E-state index contributed by atoms with van der Waals surface area (Å²) in [5.41, 5.74) is 1.95. The van der Waals surface area contributed by atoms with Crippen LogP contribution in [0.3, 0.4) is 0 Å². The Labute approximate surface area is 122 Å². The van der Waals surface area contributed by atoms with Gasteiger partial charge in [0.1, 0.15) is 5.75 Å². The number of para-hydroxylation sites is 3. The second kappa shape index (κ2) is 5.28. The lowest BCUT2D eigenvalue weighted by Crippen LogP contribution is -2.27. The lowest BCUT2D eigenvalue weighted by atomic mass is 10.2. The van der Waals surface area contributed by atoms with Crippen molar-refractivity contribution in [1.82, 2.24) is 10.2 Å². The van der Waals surface area contributed by atoms with Crippen LogP contribution >= 0.6 is 0 Å². The smallest absolute Gasteiger partial charge is 0.279 e. The van der Waals surface area contributed by atoms with Crippen LogP contribution in [-0.2, 0) is 0 Å². The van der Waals surface area contributed by atoms with Crippen LogP contribution < -0.4 is 9.64 Å². The molecule has 1 aromatic heterocycles. The number of aromatic nitrogens is 2. The first kappa shape index (κ1) is 13.2. The molecule has 0 spiro atoms. The van der Waals surface area contributed by atoms with Crippen molar-refractivity contribution in [2.24, 2.45) is 0 Å². The van der Waals surface area contributed by atoms with Crippen LogP contribution in [0.15, 0.2) is 48.5 Å². The maximum absolute atomic E-state index is 12.7. The number of aromatic amines is 1. The van der Waals surface area contributed by atoms with Crippen LogP contribution in [0, 0.1) is 0 Å². The van der Waals surface area contributed by atoms with Gasteiger partial charge in [0.25, 0.3) is 5.91 Å². The average Bonchev–Trinajstić information content (AvgIpc) is 2.97. The minimum atomic E-state index is -0.183. The lowest BCUT2D eigenvalue weighted by Gasteiger charge is -2.19. The molecule has 2 aromatic carbocycles. The fraction of sp³-hybridized carbons (Fsp3) is 0.125. The highest BCUT2D eigenvalue weighted by atomic mass is 16.5. The highest BCUT2D eigenvalue weighted by Gasteiger charge is 2.21. The van der Waals surface area contributed by atoms with Gasteiger partial charge in [0, 0.05) is 12.4 Å². The molecule has 3 aromatic rings. The van der Waals surface area contributed by atoms with Crippen LogP contribution in [0.1, 0.15) is 10.5 Å². The number of H-pyrrole nitrogens is 1. The van der Waals surface area contributed by atoms with Crippen molar-refractivity contribution < 1.29 is 9.53 Å². The summed E-state index contributed by atoms with van der Waals surface area (Å²) in [5.74, 6) is 0.463. The predicted molar refractivity (Wildman–Crippen MR) is 81.8 cm³/mol. The third kappa shape index (κ3) is 2.23. The van der Waals surface area contributed by atoms with Crippen molar-refractivity contribution in [3.63, 3.8) is 0 Å². The summed E-state index contributed by atoms with van der Waals surface area (Å²) >= 11 is 0. The van der Waals surface area contributed by atoms with E-state index >= 15 is 0 Å². The molecular weight excluding hydrogens is 266 g/mol. The summed E-state index contributed by atoms with van der Waals surface area (Å²) in [6.45, 7) is 0. The van der Waals surface area contributed by atoms with Gasteiger partial charge in [0.2, 0.25) is 0 Å². The molecule has 1 amide bonds. The van der Waals surface area contributed by atoms with E-state index in [9.17, 15) is 4.79 Å². The van der Waals surface area contributed by atoms with E-state index in [4.69, 9.17) is 4.74 Å². The number of carbonyl (C=O) groups excluding carboxylic acids is 1. The van der Waals surface area contributed by atoms with Gasteiger partial charge in [-0.15, -0.1) is 0 Å². The monoisotopic (exact) mass is 281 g/mol. The first-order valence-electron chi connectivity index (χ1n) is 6.56. The van der Waals surface area contributed by atoms with Crippen LogP contribution in [0.4, 0.5) is 5.69 Å². The largest absolute Gasteiger partial charge is 0.495 e. The molecule has 3 rings (SSSR count). The number of fused-ring (bicyclic) bond motifs is 1. The van der Waals surface area contributed by atoms with Crippen LogP contribution in [0.5, 0.6) is 5.75 Å². The number of methoxy groups -OCH3 is 1. The number of nitrogens with zero attached hydrogens (tertiary/aromatic N) is 2. The van der Waals surface area contributed by atoms with E-state index in [1.54, 1.807) is 19.1 Å². The Morgan fingerprint density at radius 2 is 1.86 bits per heavy atom. The number of anilines is 1. The van der Waals surface area contributed by atoms with Crippen LogP contribution in [0.2, 0.25) is 0 Å². The van der Waals surface area contributed by atoms with Crippen molar-refractivity contribution in [2.45, 2.75) is 0 Å². The van der Waals surface area contributed by atoms with Gasteiger partial charge in [0.05, 0.1) is 18.3 Å². The molecule has 0 aliphatic carbocycles. The summed E-state index contributed by atoms with van der Waals surface area (Å²) in [4.78, 5) is 14.2. The van der Waals surface area contributed by atoms with Crippen molar-refractivity contribution in [3.8, 4) is 5.75 Å². The van der Waals surface area contributed by atoms with E-state index in [1.807, 2.05) is 48.5 Å². The number of nitrogens with one attached hydrogen (secondary N) is 1. The Balaban J connectivity index is 2.02. The van der Waals surface area contributed by atoms with Gasteiger partial charge in [-0.2, -0.15) is 5.10 Å². The zero-order valence-corrected chi connectivity index (χ0v) is 11.8. The summed E-state index contributed by atoms with van der Waals surface area (Å²) in [7, 11) is 3.30. The van der Waals surface area contributed by atoms with Crippen molar-refractivity contribution in [1.29, 1.82) is 0 Å². The van der Waals surface area contributed by atoms with Crippen molar-refractivity contribution >= 4 is 22.5 Å². The minimum absolute atomic E-state index is 0.183. The SMILES string of the molecule is COc1ccccc1N(C)C(=O)c1n[nH]c2ccccc12. The van der Waals surface area contributed by atoms with Crippen molar-refractivity contribution in [2.75, 3.05) is 19.1 Å². The zero-order chi connectivity index (χ0) is 14.8. The normalized spacial score (nSPS) is 10.6. The quantitative estimate of drug-likeness (QED) is 0.803. The molecule has 5 nitrogen and oxygen atoms in total. The molecule has 0 bridgehead atoms. The number of hydrogen-bond acceptors (Lipinski definition) is 3. The Bertz CT molecular complexity index is 795. The highest BCUT2D eigenvalue weighted by Crippen LogP contribution is 2.28. The van der Waals surface area contributed by atoms with Gasteiger partial charge in [-0.05, 0) is 18.2 Å². The Hall–Kier alpha value is -2.82. The van der Waals surface area contributed by atoms with E-state index in [-0.39, 0.29) is 5.91 Å². The summed E-state index contributed by atoms with van der Waals surface area (Å²) in [5, 5.41) is 7.83. The van der Waals surface area contributed by atoms with E-state index in [0.717, 1.165) is 10.9 Å². The number of benzene rings is 2. The predicted octanol–water partition coefficient (Wildman–Crippen LogP) is 2.85. The molecular formula is C16H15N3O2. The first-order valence-corrected chi connectivity index (χ1v) is 6.56. The molecule has 1 heterocycles. The number of amides is 1. The molecule has 21 heavy (non-hydrogen) atoms. The van der Waals surface area contributed by atoms with Gasteiger partial charge in [-0.25, -0.2) is 0 Å². The zero-order valence-electron chi connectivity index (χ0n) is 11.8. The Morgan fingerprint density at radius 1 is 1.14 bits per heavy atom. The van der Waals surface area contributed by atoms with Gasteiger partial charge < -0.3 is 9.64 Å². The fourth-order valence-electron chi connectivity index (χ4n) is 2.30. The molecule has 0 aliphatic rings. The summed E-state index contributed by atoms with van der Waals surface area (Å²) < 4.78 is 5.30. The highest BCUT2D eigenvalue weighted by molar-refractivity contribution is 6.12. The molecule has 106 valence electrons. The Kier molecular flexibility index (Phi) is 3.31. The van der Waals surface area contributed by atoms with Crippen molar-refractivity contribution in [3.05, 3.63) is 54.2 Å². The fourth-order valence-corrected chi connectivity index (χ4v) is 2.30. The topological polar surface area (TPSA) is 58.2 Å².